The molecular formula is C106H97F4N3O19. The third kappa shape index (κ3) is 21.6. The van der Waals surface area contributed by atoms with Crippen molar-refractivity contribution >= 4 is 92.0 Å². The summed E-state index contributed by atoms with van der Waals surface area (Å²) >= 11 is 0. The Balaban J connectivity index is 0.000000150. The number of halogens is 4. The predicted octanol–water partition coefficient (Wildman–Crippen LogP) is 22.9. The maximum atomic E-state index is 14.2. The van der Waals surface area contributed by atoms with Crippen molar-refractivity contribution in [3.63, 3.8) is 0 Å². The van der Waals surface area contributed by atoms with Gasteiger partial charge in [0.2, 0.25) is 28.9 Å². The highest BCUT2D eigenvalue weighted by Gasteiger charge is 2.32. The van der Waals surface area contributed by atoms with Gasteiger partial charge < -0.3 is 71.6 Å². The van der Waals surface area contributed by atoms with Gasteiger partial charge in [-0.05, 0) is 308 Å². The van der Waals surface area contributed by atoms with Crippen molar-refractivity contribution in [3.8, 4) is 69.0 Å². The molecule has 0 amide bonds. The first-order valence-corrected chi connectivity index (χ1v) is 42.1. The van der Waals surface area contributed by atoms with E-state index in [1.807, 2.05) is 82.3 Å². The number of ketones is 4. The number of aromatic hydroxyl groups is 4. The zero-order valence-corrected chi connectivity index (χ0v) is 74.8. The number of fused-ring (bicyclic) bond motifs is 4. The van der Waals surface area contributed by atoms with Crippen molar-refractivity contribution in [2.45, 2.75) is 98.3 Å². The molecule has 0 aliphatic heterocycles. The van der Waals surface area contributed by atoms with Crippen molar-refractivity contribution in [1.82, 2.24) is 15.0 Å². The second-order valence-electron chi connectivity index (χ2n) is 31.3. The van der Waals surface area contributed by atoms with E-state index in [4.69, 9.17) is 51.1 Å². The monoisotopic (exact) mass is 1790 g/mol. The number of Topliss-reactive ketones (excluding diaryl/α,β-unsaturated/α-hetero) is 4. The first-order valence-electron chi connectivity index (χ1n) is 42.1. The summed E-state index contributed by atoms with van der Waals surface area (Å²) < 4.78 is 114. The third-order valence-electron chi connectivity index (χ3n) is 23.3. The third-order valence-corrected chi connectivity index (χ3v) is 23.3. The van der Waals surface area contributed by atoms with Crippen LogP contribution in [0.1, 0.15) is 174 Å². The Bertz CT molecular complexity index is 6060. The molecule has 4 aliphatic carbocycles. The summed E-state index contributed by atoms with van der Waals surface area (Å²) in [5, 5.41) is 40.8. The van der Waals surface area contributed by atoms with Crippen molar-refractivity contribution < 1.29 is 108 Å². The Labute approximate surface area is 760 Å². The summed E-state index contributed by atoms with van der Waals surface area (Å²) in [6.07, 6.45) is 20.0. The lowest BCUT2D eigenvalue weighted by Crippen LogP contribution is -2.03. The summed E-state index contributed by atoms with van der Waals surface area (Å²) in [7, 11) is 11.8. The minimum Gasteiger partial charge on any atom is -0.502 e. The van der Waals surface area contributed by atoms with E-state index < -0.39 is 0 Å². The normalized spacial score (nSPS) is 14.0. The maximum absolute atomic E-state index is 14.2. The molecule has 22 nitrogen and oxygen atoms in total. The lowest BCUT2D eigenvalue weighted by Gasteiger charge is -2.11. The SMILES string of the molecule is COc1cc(C=C2C(C)=C(CCC(=O)Cc3cnco3)c3cc(F)ccc32)cc(OC)c1O.COc1cc(C=C2C(C)=C(CCC(=O)Cc3cocn3)c3cc(F)ccc32)cc(OC)c1O.COc1cc(C=C2C(C)=C(CCC(=O)Cc3ncco3)c3cc(F)ccc32)cc(OC)c1O.COc1cc(C=C2C(C)=C(CCC(=O)c3ccccc3)c3cc(F)ccc32)cc(OC)c1O. The van der Waals surface area contributed by atoms with Crippen molar-refractivity contribution in [3.05, 3.63) is 325 Å². The summed E-state index contributed by atoms with van der Waals surface area (Å²) in [6.45, 7) is 7.89. The molecule has 3 aromatic heterocycles. The second kappa shape index (κ2) is 42.6. The number of oxazole rings is 3. The zero-order chi connectivity index (χ0) is 94.1. The van der Waals surface area contributed by atoms with Crippen LogP contribution in [0.15, 0.2) is 225 Å². The predicted molar refractivity (Wildman–Crippen MR) is 496 cm³/mol. The Kier molecular flexibility index (Phi) is 30.4. The maximum Gasteiger partial charge on any atom is 0.201 e. The number of methoxy groups -OCH3 is 8. The van der Waals surface area contributed by atoms with E-state index in [0.29, 0.717) is 109 Å². The summed E-state index contributed by atoms with van der Waals surface area (Å²) in [6, 6.07) is 41.7. The van der Waals surface area contributed by atoms with Crippen molar-refractivity contribution in [2.24, 2.45) is 0 Å². The fourth-order valence-corrected chi connectivity index (χ4v) is 16.6. The molecule has 0 saturated heterocycles. The fraction of sp³-hybridized carbons (Fsp3) is 0.217. The molecule has 16 rings (SSSR count). The second-order valence-corrected chi connectivity index (χ2v) is 31.3. The molecule has 678 valence electrons. The Morgan fingerprint density at radius 1 is 0.364 bits per heavy atom. The smallest absolute Gasteiger partial charge is 0.201 e. The number of hydrogen-bond donors (Lipinski definition) is 4. The number of phenols is 4. The average Bonchev–Trinajstić information content (AvgIpc) is 1.63. The largest absolute Gasteiger partial charge is 0.502 e. The number of benzene rings is 9. The van der Waals surface area contributed by atoms with Crippen LogP contribution in [0, 0.1) is 23.3 Å². The van der Waals surface area contributed by atoms with Gasteiger partial charge in [-0.1, -0.05) is 54.6 Å². The Morgan fingerprint density at radius 3 is 0.970 bits per heavy atom. The minimum absolute atomic E-state index is 0.00106. The van der Waals surface area contributed by atoms with Crippen LogP contribution in [0.2, 0.25) is 0 Å². The van der Waals surface area contributed by atoms with Gasteiger partial charge in [-0.3, -0.25) is 19.2 Å². The van der Waals surface area contributed by atoms with Gasteiger partial charge in [0.05, 0.1) is 94.2 Å². The molecular weight excluding hydrogens is 1700 g/mol. The highest BCUT2D eigenvalue weighted by molar-refractivity contribution is 6.10. The van der Waals surface area contributed by atoms with E-state index in [2.05, 4.69) is 15.0 Å². The highest BCUT2D eigenvalue weighted by atomic mass is 19.1. The van der Waals surface area contributed by atoms with Gasteiger partial charge in [0, 0.05) is 31.2 Å². The van der Waals surface area contributed by atoms with Crippen LogP contribution in [-0.2, 0) is 33.6 Å². The molecule has 132 heavy (non-hydrogen) atoms. The minimum atomic E-state index is -0.334. The number of nitrogens with zero attached hydrogens (tertiary/aromatic N) is 3. The van der Waals surface area contributed by atoms with Gasteiger partial charge in [-0.25, -0.2) is 32.5 Å². The molecule has 0 unspecified atom stereocenters. The van der Waals surface area contributed by atoms with Gasteiger partial charge in [-0.2, -0.15) is 0 Å². The lowest BCUT2D eigenvalue weighted by molar-refractivity contribution is -0.119. The number of hydrogen-bond acceptors (Lipinski definition) is 22. The van der Waals surface area contributed by atoms with Gasteiger partial charge in [-0.15, -0.1) is 0 Å². The van der Waals surface area contributed by atoms with Gasteiger partial charge in [0.25, 0.3) is 0 Å². The molecule has 9 aromatic carbocycles. The number of aromatic nitrogens is 3. The molecule has 0 fully saturated rings. The van der Waals surface area contributed by atoms with Crippen LogP contribution >= 0.6 is 0 Å². The van der Waals surface area contributed by atoms with E-state index in [9.17, 15) is 57.2 Å². The molecule has 4 aliphatic rings. The van der Waals surface area contributed by atoms with Gasteiger partial charge in [0.1, 0.15) is 58.9 Å². The van der Waals surface area contributed by atoms with Crippen LogP contribution in [0.4, 0.5) is 17.6 Å². The molecule has 12 aromatic rings. The zero-order valence-electron chi connectivity index (χ0n) is 74.8. The molecule has 0 spiro atoms. The number of phenolic OH excluding ortho intramolecular Hbond substituents is 4. The van der Waals surface area contributed by atoms with Crippen LogP contribution < -0.4 is 37.9 Å². The van der Waals surface area contributed by atoms with Gasteiger partial charge >= 0.3 is 0 Å². The average molecular weight is 1790 g/mol. The van der Waals surface area contributed by atoms with Crippen LogP contribution in [0.3, 0.4) is 0 Å². The summed E-state index contributed by atoms with van der Waals surface area (Å²) in [5.41, 5.74) is 22.3. The Hall–Kier alpha value is -15.5. The Morgan fingerprint density at radius 2 is 0.682 bits per heavy atom. The lowest BCUT2D eigenvalue weighted by atomic mass is 9.97. The number of rotatable bonds is 31. The number of carbonyl (C=O) groups excluding carboxylic acids is 4. The number of allylic oxidation sites excluding steroid dienone is 12. The molecule has 0 saturated carbocycles. The van der Waals surface area contributed by atoms with E-state index in [0.717, 1.165) is 134 Å². The standard InChI is InChI=1S/C28H25FO4.3C26H24FNO5/c1-17-21(11-12-25(30)19-7-5-4-6-8-19)24-16-20(29)9-10-22(24)23(17)13-18-14-26(32-2)28(31)27(15-18)33-3;1-15-20(7-5-19(29)12-18-13-33-14-28-18)23-11-17(27)4-6-21(23)22(15)8-16-9-24(31-2)26(30)25(10-16)32-3;1-15-20(7-5-18(29)12-19-13-28-14-33-19)23-11-17(27)4-6-21(23)22(15)8-16-9-24(31-2)26(30)25(10-16)32-3;1-15-19(7-5-18(29)14-25-28-8-9-33-25)22-13-17(27)4-6-20(22)21(15)10-16-11-23(31-2)26(30)24(12-16)32-3/h4-10,13-16,31H,11-12H2,1-3H3;2*4,6,8-11,13-14,30H,5,7,12H2,1-3H3;4,6,8-13,30H,5,7,14H2,1-3H3. The topological polar surface area (TPSA) is 301 Å². The highest BCUT2D eigenvalue weighted by Crippen LogP contribution is 2.52. The van der Waals surface area contributed by atoms with Crippen molar-refractivity contribution in [2.75, 3.05) is 56.9 Å². The number of carbonyl (C=O) groups is 4. The first kappa shape index (κ1) is 94.1. The molecule has 4 N–H and O–H groups in total. The molecule has 0 atom stereocenters. The summed E-state index contributed by atoms with van der Waals surface area (Å²) in [4.78, 5) is 61.8. The van der Waals surface area contributed by atoms with Crippen LogP contribution in [0.25, 0.3) is 68.9 Å². The molecule has 0 radical (unpaired) electrons. The summed E-state index contributed by atoms with van der Waals surface area (Å²) in [5.74, 6) is 1.76. The molecule has 0 bridgehead atoms. The molecule has 26 heteroatoms. The van der Waals surface area contributed by atoms with Crippen molar-refractivity contribution in [1.29, 1.82) is 0 Å². The number of ether oxygens (including phenoxy) is 8. The van der Waals surface area contributed by atoms with E-state index in [1.165, 1.54) is 143 Å². The first-order chi connectivity index (χ1) is 63.6. The van der Waals surface area contributed by atoms with E-state index in [1.54, 1.807) is 72.8 Å². The molecule has 3 heterocycles. The van der Waals surface area contributed by atoms with Gasteiger partial charge in [0.15, 0.2) is 64.6 Å². The quantitative estimate of drug-likeness (QED) is 0.0232. The van der Waals surface area contributed by atoms with E-state index >= 15 is 0 Å². The van der Waals surface area contributed by atoms with E-state index in [-0.39, 0.29) is 100 Å². The van der Waals surface area contributed by atoms with Crippen LogP contribution in [-0.4, -0.2) is 115 Å². The van der Waals surface area contributed by atoms with Crippen LogP contribution in [0.5, 0.6) is 69.0 Å². The fourth-order valence-electron chi connectivity index (χ4n) is 16.6.